The molecule has 0 aliphatic carbocycles. The van der Waals surface area contributed by atoms with Crippen LogP contribution in [-0.2, 0) is 4.79 Å². The van der Waals surface area contributed by atoms with Crippen LogP contribution in [0.4, 0.5) is 18.9 Å². The molecule has 2 N–H and O–H groups in total. The van der Waals surface area contributed by atoms with Crippen molar-refractivity contribution in [2.75, 3.05) is 5.32 Å². The Balaban J connectivity index is 2.27. The highest BCUT2D eigenvalue weighted by Gasteiger charge is 2.31. The largest absolute Gasteiger partial charge is 0.573 e. The molecule has 0 saturated heterocycles. The number of nitrogens with zero attached hydrogens (tertiary/aromatic N) is 1. The number of nitrogens with one attached hydrogen (secondary N) is 1. The van der Waals surface area contributed by atoms with Gasteiger partial charge in [0.05, 0.1) is 4.91 Å². The molecule has 1 heterocycles. The van der Waals surface area contributed by atoms with E-state index in [1.807, 2.05) is 13.8 Å². The zero-order valence-electron chi connectivity index (χ0n) is 15.4. The minimum absolute atomic E-state index is 0.145. The fourth-order valence-electron chi connectivity index (χ4n) is 2.14. The molecule has 2 rings (SSSR count). The number of carboxylic acids is 1. The lowest BCUT2D eigenvalue weighted by atomic mass is 10.2. The van der Waals surface area contributed by atoms with Crippen LogP contribution in [0.5, 0.6) is 5.75 Å². The highest BCUT2D eigenvalue weighted by Crippen LogP contribution is 2.34. The molecular formula is C19H19F3N2O3S. The summed E-state index contributed by atoms with van der Waals surface area (Å²) in [6.07, 6.45) is -0.716. The molecule has 0 saturated carbocycles. The molecule has 1 aromatic carbocycles. The van der Waals surface area contributed by atoms with Crippen molar-refractivity contribution < 1.29 is 27.8 Å². The summed E-state index contributed by atoms with van der Waals surface area (Å²) < 4.78 is 40.5. The molecule has 0 amide bonds. The summed E-state index contributed by atoms with van der Waals surface area (Å²) in [4.78, 5) is 15.8. The van der Waals surface area contributed by atoms with E-state index in [2.05, 4.69) is 15.0 Å². The maximum absolute atomic E-state index is 12.2. The normalized spacial score (nSPS) is 18.1. The van der Waals surface area contributed by atoms with Crippen LogP contribution in [0.2, 0.25) is 0 Å². The van der Waals surface area contributed by atoms with E-state index in [9.17, 15) is 23.1 Å². The molecule has 1 aliphatic heterocycles. The molecule has 0 fully saturated rings. The van der Waals surface area contributed by atoms with Crippen molar-refractivity contribution in [1.82, 2.24) is 0 Å². The van der Waals surface area contributed by atoms with Gasteiger partial charge in [-0.25, -0.2) is 9.79 Å². The van der Waals surface area contributed by atoms with Crippen LogP contribution in [0, 0.1) is 0 Å². The van der Waals surface area contributed by atoms with Crippen molar-refractivity contribution in [3.8, 4) is 5.75 Å². The van der Waals surface area contributed by atoms with E-state index in [-0.39, 0.29) is 10.7 Å². The van der Waals surface area contributed by atoms with Gasteiger partial charge >= 0.3 is 12.3 Å². The maximum Gasteiger partial charge on any atom is 0.573 e. The number of benzene rings is 1. The third kappa shape index (κ3) is 6.19. The van der Waals surface area contributed by atoms with E-state index in [1.54, 1.807) is 13.1 Å². The Morgan fingerprint density at radius 1 is 1.29 bits per heavy atom. The Morgan fingerprint density at radius 3 is 2.46 bits per heavy atom. The maximum atomic E-state index is 12.2. The molecule has 0 unspecified atom stereocenters. The van der Waals surface area contributed by atoms with E-state index in [1.165, 1.54) is 30.3 Å². The number of hydrogen-bond donors (Lipinski definition) is 2. The molecule has 0 bridgehead atoms. The number of anilines is 1. The Kier molecular flexibility index (Phi) is 6.95. The smallest absolute Gasteiger partial charge is 0.477 e. The molecular weight excluding hydrogens is 393 g/mol. The van der Waals surface area contributed by atoms with Crippen molar-refractivity contribution in [3.63, 3.8) is 0 Å². The monoisotopic (exact) mass is 412 g/mol. The first-order chi connectivity index (χ1) is 13.1. The van der Waals surface area contributed by atoms with Gasteiger partial charge in [-0.15, -0.1) is 13.2 Å². The molecule has 28 heavy (non-hydrogen) atoms. The van der Waals surface area contributed by atoms with Crippen LogP contribution in [0.15, 0.2) is 63.3 Å². The third-order valence-corrected chi connectivity index (χ3v) is 4.74. The van der Waals surface area contributed by atoms with Crippen LogP contribution in [-0.4, -0.2) is 22.5 Å². The average Bonchev–Trinajstić information content (AvgIpc) is 3.04. The lowest BCUT2D eigenvalue weighted by molar-refractivity contribution is -0.274. The fraction of sp³-hybridized carbons (Fsp3) is 0.263. The second-order valence-electron chi connectivity index (χ2n) is 5.91. The molecule has 1 aliphatic rings. The SMILES string of the molecule is CC/C(C)=C/N=C1/SC(C(=O)O)=C/C1=C(/C)Nc1ccc(OC(F)(F)F)cc1. The molecule has 0 spiro atoms. The molecule has 1 aromatic rings. The van der Waals surface area contributed by atoms with E-state index >= 15 is 0 Å². The predicted molar refractivity (Wildman–Crippen MR) is 104 cm³/mol. The minimum atomic E-state index is -4.75. The van der Waals surface area contributed by atoms with Gasteiger partial charge in [-0.2, -0.15) is 0 Å². The predicted octanol–water partition coefficient (Wildman–Crippen LogP) is 5.70. The van der Waals surface area contributed by atoms with Gasteiger partial charge in [0.15, 0.2) is 0 Å². The number of hydrogen-bond acceptors (Lipinski definition) is 5. The summed E-state index contributed by atoms with van der Waals surface area (Å²) in [5, 5.41) is 12.8. The Morgan fingerprint density at radius 2 is 1.93 bits per heavy atom. The standard InChI is InChI=1S/C19H19F3N2O3S/c1-4-11(2)10-23-17-15(9-16(28-17)18(25)26)12(3)24-13-5-7-14(8-6-13)27-19(20,21)22/h5-10,24H,4H2,1-3H3,(H,25,26)/b11-10+,15-12+,23-17+. The summed E-state index contributed by atoms with van der Waals surface area (Å²) in [5.74, 6) is -1.37. The van der Waals surface area contributed by atoms with Crippen molar-refractivity contribution in [3.05, 3.63) is 58.3 Å². The molecule has 9 heteroatoms. The van der Waals surface area contributed by atoms with Gasteiger partial charge in [0, 0.05) is 23.2 Å². The summed E-state index contributed by atoms with van der Waals surface area (Å²) in [7, 11) is 0. The zero-order valence-corrected chi connectivity index (χ0v) is 16.2. The molecule has 0 atom stereocenters. The molecule has 0 radical (unpaired) electrons. The molecule has 0 aromatic heterocycles. The summed E-state index contributed by atoms with van der Waals surface area (Å²) in [6.45, 7) is 5.65. The number of carboxylic acid groups (broad SMARTS) is 1. The summed E-state index contributed by atoms with van der Waals surface area (Å²) in [5.41, 5.74) is 2.80. The van der Waals surface area contributed by atoms with Gasteiger partial charge in [0.1, 0.15) is 10.8 Å². The molecule has 5 nitrogen and oxygen atoms in total. The van der Waals surface area contributed by atoms with Gasteiger partial charge in [0.2, 0.25) is 0 Å². The number of alkyl halides is 3. The van der Waals surface area contributed by atoms with Crippen LogP contribution >= 0.6 is 11.8 Å². The summed E-state index contributed by atoms with van der Waals surface area (Å²) in [6, 6.07) is 5.26. The average molecular weight is 412 g/mol. The lowest BCUT2D eigenvalue weighted by Crippen LogP contribution is -2.17. The first-order valence-corrected chi connectivity index (χ1v) is 9.11. The van der Waals surface area contributed by atoms with Gasteiger partial charge < -0.3 is 15.2 Å². The Labute approximate surface area is 164 Å². The van der Waals surface area contributed by atoms with Crippen LogP contribution in [0.25, 0.3) is 0 Å². The number of aliphatic carboxylic acids is 1. The number of thioether (sulfide) groups is 1. The van der Waals surface area contributed by atoms with Gasteiger partial charge in [0.25, 0.3) is 0 Å². The third-order valence-electron chi connectivity index (χ3n) is 3.71. The topological polar surface area (TPSA) is 70.9 Å². The van der Waals surface area contributed by atoms with Crippen molar-refractivity contribution in [2.24, 2.45) is 4.99 Å². The van der Waals surface area contributed by atoms with Gasteiger partial charge in [-0.05, 0) is 50.6 Å². The van der Waals surface area contributed by atoms with Crippen molar-refractivity contribution in [1.29, 1.82) is 0 Å². The van der Waals surface area contributed by atoms with Crippen LogP contribution < -0.4 is 10.1 Å². The lowest BCUT2D eigenvalue weighted by Gasteiger charge is -2.12. The van der Waals surface area contributed by atoms with Crippen LogP contribution in [0.1, 0.15) is 27.2 Å². The number of halogens is 3. The van der Waals surface area contributed by atoms with Crippen molar-refractivity contribution in [2.45, 2.75) is 33.6 Å². The van der Waals surface area contributed by atoms with E-state index in [0.29, 0.717) is 22.0 Å². The number of carbonyl (C=O) groups is 1. The second-order valence-corrected chi connectivity index (χ2v) is 6.95. The number of aliphatic imine (C=N–C) groups is 1. The zero-order chi connectivity index (χ0) is 20.9. The highest BCUT2D eigenvalue weighted by atomic mass is 32.2. The quantitative estimate of drug-likeness (QED) is 0.627. The Bertz CT molecular complexity index is 869. The minimum Gasteiger partial charge on any atom is -0.477 e. The van der Waals surface area contributed by atoms with Gasteiger partial charge in [-0.1, -0.05) is 24.3 Å². The summed E-state index contributed by atoms with van der Waals surface area (Å²) >= 11 is 1.05. The first-order valence-electron chi connectivity index (χ1n) is 8.29. The number of ether oxygens (including phenoxy) is 1. The van der Waals surface area contributed by atoms with E-state index in [0.717, 1.165) is 23.8 Å². The first kappa shape index (κ1) is 21.6. The number of allylic oxidation sites excluding steroid dienone is 3. The Hall–Kier alpha value is -2.68. The number of rotatable bonds is 6. The van der Waals surface area contributed by atoms with Crippen LogP contribution in [0.3, 0.4) is 0 Å². The van der Waals surface area contributed by atoms with E-state index in [4.69, 9.17) is 0 Å². The van der Waals surface area contributed by atoms with E-state index < -0.39 is 12.3 Å². The second kappa shape index (κ2) is 9.01. The van der Waals surface area contributed by atoms with Gasteiger partial charge in [-0.3, -0.25) is 0 Å². The highest BCUT2D eigenvalue weighted by molar-refractivity contribution is 8.18. The molecule has 150 valence electrons. The fourth-order valence-corrected chi connectivity index (χ4v) is 3.04. The van der Waals surface area contributed by atoms with Crippen molar-refractivity contribution >= 4 is 28.5 Å².